The largest absolute Gasteiger partial charge is 0.481 e. The summed E-state index contributed by atoms with van der Waals surface area (Å²) in [5.74, 6) is -8.89. The summed E-state index contributed by atoms with van der Waals surface area (Å²) in [7, 11) is 0. The Labute approximate surface area is 188 Å². The average molecular weight is 456 g/mol. The minimum absolute atomic E-state index is 0.0894. The summed E-state index contributed by atoms with van der Waals surface area (Å²) >= 11 is 0. The SMILES string of the molecule is O=C(NC1(C(=O)NC[C@H]2[C@@H](C(=O)O)C2(F)F)CC1)OCC1c2ccccc2-c2ccccc21. The molecule has 3 N–H and O–H groups in total. The number of carboxylic acid groups (broad SMARTS) is 1. The maximum absolute atomic E-state index is 13.5. The van der Waals surface area contributed by atoms with Gasteiger partial charge in [-0.3, -0.25) is 9.59 Å². The molecule has 2 aromatic carbocycles. The molecule has 3 aliphatic rings. The Balaban J connectivity index is 1.17. The second kappa shape index (κ2) is 7.54. The number of benzene rings is 2. The zero-order valence-corrected chi connectivity index (χ0v) is 17.5. The molecule has 0 radical (unpaired) electrons. The summed E-state index contributed by atoms with van der Waals surface area (Å²) in [6.07, 6.45) is -0.0523. The number of alkyl halides is 2. The van der Waals surface area contributed by atoms with Gasteiger partial charge in [-0.05, 0) is 35.1 Å². The number of amides is 2. The Morgan fingerprint density at radius 3 is 2.09 bits per heavy atom. The summed E-state index contributed by atoms with van der Waals surface area (Å²) in [6, 6.07) is 15.8. The lowest BCUT2D eigenvalue weighted by atomic mass is 9.98. The van der Waals surface area contributed by atoms with Gasteiger partial charge in [0.2, 0.25) is 5.91 Å². The number of nitrogens with one attached hydrogen (secondary N) is 2. The van der Waals surface area contributed by atoms with Crippen molar-refractivity contribution in [2.24, 2.45) is 11.8 Å². The molecule has 7 nitrogen and oxygen atoms in total. The maximum atomic E-state index is 13.5. The Morgan fingerprint density at radius 1 is 1.00 bits per heavy atom. The van der Waals surface area contributed by atoms with E-state index in [4.69, 9.17) is 9.84 Å². The fourth-order valence-corrected chi connectivity index (χ4v) is 4.72. The molecule has 5 rings (SSSR count). The van der Waals surface area contributed by atoms with Crippen molar-refractivity contribution in [3.05, 3.63) is 59.7 Å². The number of hydrogen-bond acceptors (Lipinski definition) is 4. The molecule has 0 aliphatic heterocycles. The Morgan fingerprint density at radius 2 is 1.58 bits per heavy atom. The monoisotopic (exact) mass is 456 g/mol. The molecule has 0 aromatic heterocycles. The number of carbonyl (C=O) groups excluding carboxylic acids is 2. The van der Waals surface area contributed by atoms with Crippen LogP contribution in [-0.4, -0.2) is 47.7 Å². The van der Waals surface area contributed by atoms with Crippen LogP contribution in [0.25, 0.3) is 11.1 Å². The first-order chi connectivity index (χ1) is 15.7. The molecule has 0 heterocycles. The molecule has 172 valence electrons. The number of carbonyl (C=O) groups is 3. The highest BCUT2D eigenvalue weighted by molar-refractivity contribution is 5.93. The van der Waals surface area contributed by atoms with E-state index in [1.807, 2.05) is 48.5 Å². The third-order valence-corrected chi connectivity index (χ3v) is 6.82. The molecule has 2 amide bonds. The zero-order valence-electron chi connectivity index (χ0n) is 17.5. The van der Waals surface area contributed by atoms with Crippen LogP contribution >= 0.6 is 0 Å². The maximum Gasteiger partial charge on any atom is 0.408 e. The number of ether oxygens (including phenoxy) is 1. The first kappa shape index (κ1) is 21.4. The van der Waals surface area contributed by atoms with Gasteiger partial charge in [0.25, 0.3) is 5.92 Å². The number of hydrogen-bond donors (Lipinski definition) is 3. The minimum atomic E-state index is -3.34. The first-order valence-electron chi connectivity index (χ1n) is 10.8. The van der Waals surface area contributed by atoms with E-state index in [9.17, 15) is 23.2 Å². The van der Waals surface area contributed by atoms with Crippen molar-refractivity contribution in [3.63, 3.8) is 0 Å². The molecule has 9 heteroatoms. The number of rotatable bonds is 7. The third-order valence-electron chi connectivity index (χ3n) is 6.82. The van der Waals surface area contributed by atoms with Crippen molar-refractivity contribution >= 4 is 18.0 Å². The van der Waals surface area contributed by atoms with Gasteiger partial charge in [-0.15, -0.1) is 0 Å². The predicted octanol–water partition coefficient (Wildman–Crippen LogP) is 3.14. The summed E-state index contributed by atoms with van der Waals surface area (Å²) in [4.78, 5) is 35.8. The molecule has 0 saturated heterocycles. The van der Waals surface area contributed by atoms with E-state index in [1.54, 1.807) is 0 Å². The van der Waals surface area contributed by atoms with Crippen LogP contribution in [0.4, 0.5) is 13.6 Å². The van der Waals surface area contributed by atoms with Gasteiger partial charge in [0.15, 0.2) is 0 Å². The summed E-state index contributed by atoms with van der Waals surface area (Å²) in [5.41, 5.74) is 3.10. The number of halogens is 2. The number of aliphatic carboxylic acids is 1. The van der Waals surface area contributed by atoms with Crippen molar-refractivity contribution in [2.45, 2.75) is 30.2 Å². The lowest BCUT2D eigenvalue weighted by molar-refractivity contribution is -0.141. The standard InChI is InChI=1S/C24H22F2N2O5/c25-24(26)18(19(24)20(29)30)11-27-21(31)23(9-10-23)28-22(32)33-12-17-15-7-3-1-5-13(15)14-6-2-4-8-16(14)17/h1-8,17-19H,9-12H2,(H,27,31)(H,28,32)(H,29,30)/t18-,19-/m0/s1. The van der Waals surface area contributed by atoms with Gasteiger partial charge in [-0.2, -0.15) is 0 Å². The average Bonchev–Trinajstić information content (AvgIpc) is 3.64. The van der Waals surface area contributed by atoms with E-state index in [2.05, 4.69) is 10.6 Å². The van der Waals surface area contributed by atoms with Crippen LogP contribution in [0.2, 0.25) is 0 Å². The van der Waals surface area contributed by atoms with E-state index in [-0.39, 0.29) is 12.5 Å². The molecule has 2 aromatic rings. The summed E-state index contributed by atoms with van der Waals surface area (Å²) in [6.45, 7) is -0.372. The molecule has 2 saturated carbocycles. The number of alkyl carbamates (subject to hydrolysis) is 1. The van der Waals surface area contributed by atoms with Crippen molar-refractivity contribution < 1.29 is 33.0 Å². The second-order valence-electron chi connectivity index (χ2n) is 8.84. The van der Waals surface area contributed by atoms with Crippen LogP contribution < -0.4 is 10.6 Å². The van der Waals surface area contributed by atoms with Crippen LogP contribution in [0.1, 0.15) is 29.9 Å². The summed E-state index contributed by atoms with van der Waals surface area (Å²) in [5, 5.41) is 13.7. The van der Waals surface area contributed by atoms with Crippen molar-refractivity contribution in [3.8, 4) is 11.1 Å². The van der Waals surface area contributed by atoms with Gasteiger partial charge in [0.05, 0.1) is 5.92 Å². The van der Waals surface area contributed by atoms with Crippen molar-refractivity contribution in [1.29, 1.82) is 0 Å². The van der Waals surface area contributed by atoms with Gasteiger partial charge in [0, 0.05) is 12.5 Å². The number of fused-ring (bicyclic) bond motifs is 3. The van der Waals surface area contributed by atoms with Crippen molar-refractivity contribution in [1.82, 2.24) is 10.6 Å². The zero-order chi connectivity index (χ0) is 23.4. The Hall–Kier alpha value is -3.49. The normalized spacial score (nSPS) is 23.1. The molecule has 3 aliphatic carbocycles. The molecular formula is C24H22F2N2O5. The van der Waals surface area contributed by atoms with Gasteiger partial charge in [0.1, 0.15) is 18.1 Å². The van der Waals surface area contributed by atoms with E-state index in [0.717, 1.165) is 22.3 Å². The highest BCUT2D eigenvalue weighted by Crippen LogP contribution is 2.55. The van der Waals surface area contributed by atoms with Crippen LogP contribution in [0, 0.1) is 11.8 Å². The highest BCUT2D eigenvalue weighted by atomic mass is 19.3. The molecule has 2 fully saturated rings. The van der Waals surface area contributed by atoms with Crippen LogP contribution in [-0.2, 0) is 14.3 Å². The van der Waals surface area contributed by atoms with Crippen LogP contribution in [0.15, 0.2) is 48.5 Å². The van der Waals surface area contributed by atoms with E-state index in [1.165, 1.54) is 0 Å². The lowest BCUT2D eigenvalue weighted by Gasteiger charge is -2.19. The van der Waals surface area contributed by atoms with Gasteiger partial charge in [-0.1, -0.05) is 48.5 Å². The van der Waals surface area contributed by atoms with Gasteiger partial charge in [-0.25, -0.2) is 13.6 Å². The molecule has 33 heavy (non-hydrogen) atoms. The van der Waals surface area contributed by atoms with Gasteiger partial charge < -0.3 is 20.5 Å². The van der Waals surface area contributed by atoms with E-state index >= 15 is 0 Å². The molecular weight excluding hydrogens is 434 g/mol. The quantitative estimate of drug-likeness (QED) is 0.594. The topological polar surface area (TPSA) is 105 Å². The van der Waals surface area contributed by atoms with Crippen molar-refractivity contribution in [2.75, 3.05) is 13.2 Å². The van der Waals surface area contributed by atoms with Crippen LogP contribution in [0.3, 0.4) is 0 Å². The predicted molar refractivity (Wildman–Crippen MR) is 113 cm³/mol. The molecule has 0 unspecified atom stereocenters. The van der Waals surface area contributed by atoms with E-state index < -0.39 is 47.8 Å². The summed E-state index contributed by atoms with van der Waals surface area (Å²) < 4.78 is 32.5. The number of carboxylic acids is 1. The molecule has 0 spiro atoms. The van der Waals surface area contributed by atoms with Crippen LogP contribution in [0.5, 0.6) is 0 Å². The Kier molecular flexibility index (Phi) is 4.88. The third kappa shape index (κ3) is 3.61. The minimum Gasteiger partial charge on any atom is -0.481 e. The van der Waals surface area contributed by atoms with Gasteiger partial charge >= 0.3 is 12.1 Å². The fourth-order valence-electron chi connectivity index (χ4n) is 4.72. The fraction of sp³-hybridized carbons (Fsp3) is 0.375. The highest BCUT2D eigenvalue weighted by Gasteiger charge is 2.72. The molecule has 0 bridgehead atoms. The Bertz CT molecular complexity index is 1100. The van der Waals surface area contributed by atoms with E-state index in [0.29, 0.717) is 12.8 Å². The first-order valence-corrected chi connectivity index (χ1v) is 10.8. The molecule has 2 atom stereocenters. The second-order valence-corrected chi connectivity index (χ2v) is 8.84. The smallest absolute Gasteiger partial charge is 0.408 e. The lowest BCUT2D eigenvalue weighted by Crippen LogP contribution is -2.49.